The number of hydrogen-bond acceptors (Lipinski definition) is 1. The van der Waals surface area contributed by atoms with Crippen molar-refractivity contribution in [3.8, 4) is 0 Å². The van der Waals surface area contributed by atoms with Crippen LogP contribution in [0.3, 0.4) is 0 Å². The van der Waals surface area contributed by atoms with Crippen LogP contribution in [0.5, 0.6) is 0 Å². The van der Waals surface area contributed by atoms with Gasteiger partial charge in [-0.05, 0) is 43.2 Å². The van der Waals surface area contributed by atoms with E-state index in [2.05, 4.69) is 24.3 Å². The van der Waals surface area contributed by atoms with Crippen molar-refractivity contribution in [3.05, 3.63) is 35.4 Å². The zero-order valence-corrected chi connectivity index (χ0v) is 12.0. The Hall–Kier alpha value is -1.11. The first-order chi connectivity index (χ1) is 9.34. The fraction of sp³-hybridized carbons (Fsp3) is 0.611. The van der Waals surface area contributed by atoms with Gasteiger partial charge >= 0.3 is 0 Å². The van der Waals surface area contributed by atoms with Crippen molar-refractivity contribution < 1.29 is 4.79 Å². The highest BCUT2D eigenvalue weighted by molar-refractivity contribution is 5.78. The Morgan fingerprint density at radius 1 is 0.632 bits per heavy atom. The molecule has 1 aliphatic rings. The summed E-state index contributed by atoms with van der Waals surface area (Å²) in [7, 11) is 0. The third-order valence-electron chi connectivity index (χ3n) is 4.08. The zero-order valence-electron chi connectivity index (χ0n) is 12.0. The van der Waals surface area contributed by atoms with E-state index < -0.39 is 0 Å². The lowest BCUT2D eigenvalue weighted by atomic mass is 10.0. The topological polar surface area (TPSA) is 17.1 Å². The van der Waals surface area contributed by atoms with Crippen LogP contribution in [0, 0.1) is 0 Å². The lowest BCUT2D eigenvalue weighted by molar-refractivity contribution is -0.119. The number of hydrogen-bond donors (Lipinski definition) is 0. The highest BCUT2D eigenvalue weighted by atomic mass is 16.1. The third kappa shape index (κ3) is 5.59. The van der Waals surface area contributed by atoms with E-state index in [9.17, 15) is 4.79 Å². The molecule has 2 bridgehead atoms. The molecule has 1 aliphatic carbocycles. The van der Waals surface area contributed by atoms with Gasteiger partial charge in [-0.3, -0.25) is 4.79 Å². The van der Waals surface area contributed by atoms with Gasteiger partial charge in [-0.1, -0.05) is 49.9 Å². The first-order valence-electron chi connectivity index (χ1n) is 7.94. The van der Waals surface area contributed by atoms with Gasteiger partial charge in [0.05, 0.1) is 0 Å². The summed E-state index contributed by atoms with van der Waals surface area (Å²) in [6.07, 6.45) is 12.5. The Kier molecular flexibility index (Phi) is 6.13. The summed E-state index contributed by atoms with van der Waals surface area (Å²) in [5.41, 5.74) is 2.87. The molecule has 104 valence electrons. The average molecular weight is 258 g/mol. The van der Waals surface area contributed by atoms with Gasteiger partial charge in [-0.2, -0.15) is 0 Å². The molecule has 0 amide bonds. The molecule has 2 rings (SSSR count). The highest BCUT2D eigenvalue weighted by Gasteiger charge is 2.04. The van der Waals surface area contributed by atoms with Gasteiger partial charge in [0.15, 0.2) is 0 Å². The van der Waals surface area contributed by atoms with Gasteiger partial charge in [0.25, 0.3) is 0 Å². The second kappa shape index (κ2) is 8.14. The molecule has 0 saturated carbocycles. The SMILES string of the molecule is O=C1CCCCCCCCc2cccc(c2)CCC1. The number of Topliss-reactive ketones (excluding diaryl/α,β-unsaturated/α-hetero) is 1. The fourth-order valence-electron chi connectivity index (χ4n) is 2.91. The second-order valence-electron chi connectivity index (χ2n) is 5.83. The summed E-state index contributed by atoms with van der Waals surface area (Å²) < 4.78 is 0. The molecule has 0 heterocycles. The van der Waals surface area contributed by atoms with Crippen LogP contribution >= 0.6 is 0 Å². The van der Waals surface area contributed by atoms with Crippen molar-refractivity contribution in [3.63, 3.8) is 0 Å². The quantitative estimate of drug-likeness (QED) is 0.649. The molecule has 0 unspecified atom stereocenters. The molecular weight excluding hydrogens is 232 g/mol. The Balaban J connectivity index is 1.93. The molecule has 1 nitrogen and oxygen atoms in total. The molecule has 0 saturated heterocycles. The summed E-state index contributed by atoms with van der Waals surface area (Å²) in [5.74, 6) is 0.464. The van der Waals surface area contributed by atoms with Gasteiger partial charge in [0.2, 0.25) is 0 Å². The summed E-state index contributed by atoms with van der Waals surface area (Å²) in [6, 6.07) is 8.95. The third-order valence-corrected chi connectivity index (χ3v) is 4.08. The maximum atomic E-state index is 11.7. The Morgan fingerprint density at radius 3 is 1.89 bits per heavy atom. The van der Waals surface area contributed by atoms with Gasteiger partial charge in [-0.15, -0.1) is 0 Å². The van der Waals surface area contributed by atoms with Crippen LogP contribution < -0.4 is 0 Å². The maximum Gasteiger partial charge on any atom is 0.132 e. The van der Waals surface area contributed by atoms with Crippen molar-refractivity contribution in [1.82, 2.24) is 0 Å². The molecule has 19 heavy (non-hydrogen) atoms. The first kappa shape index (κ1) is 14.3. The summed E-state index contributed by atoms with van der Waals surface area (Å²) >= 11 is 0. The van der Waals surface area contributed by atoms with Gasteiger partial charge in [-0.25, -0.2) is 0 Å². The van der Waals surface area contributed by atoms with Crippen LogP contribution in [0.2, 0.25) is 0 Å². The number of carbonyl (C=O) groups excluding carboxylic acids is 1. The van der Waals surface area contributed by atoms with Gasteiger partial charge < -0.3 is 0 Å². The van der Waals surface area contributed by atoms with E-state index in [4.69, 9.17) is 0 Å². The average Bonchev–Trinajstić information content (AvgIpc) is 2.42. The maximum absolute atomic E-state index is 11.7. The predicted octanol–water partition coefficient (Wildman–Crippen LogP) is 4.87. The van der Waals surface area contributed by atoms with E-state index in [1.54, 1.807) is 0 Å². The van der Waals surface area contributed by atoms with Crippen LogP contribution in [-0.2, 0) is 17.6 Å². The van der Waals surface area contributed by atoms with Crippen molar-refractivity contribution in [1.29, 1.82) is 0 Å². The van der Waals surface area contributed by atoms with Crippen LogP contribution in [0.4, 0.5) is 0 Å². The van der Waals surface area contributed by atoms with Crippen LogP contribution in [0.1, 0.15) is 68.9 Å². The molecule has 0 aromatic heterocycles. The van der Waals surface area contributed by atoms with E-state index in [0.717, 1.165) is 32.1 Å². The van der Waals surface area contributed by atoms with Crippen LogP contribution in [0.15, 0.2) is 24.3 Å². The van der Waals surface area contributed by atoms with Gasteiger partial charge in [0.1, 0.15) is 5.78 Å². The van der Waals surface area contributed by atoms with Crippen molar-refractivity contribution >= 4 is 5.78 Å². The molecule has 0 aliphatic heterocycles. The van der Waals surface area contributed by atoms with Crippen molar-refractivity contribution in [2.45, 2.75) is 70.6 Å². The summed E-state index contributed by atoms with van der Waals surface area (Å²) in [5, 5.41) is 0. The Labute approximate surface area is 117 Å². The Bertz CT molecular complexity index is 394. The molecule has 0 fully saturated rings. The zero-order chi connectivity index (χ0) is 13.3. The van der Waals surface area contributed by atoms with E-state index in [1.165, 1.54) is 49.7 Å². The minimum Gasteiger partial charge on any atom is -0.300 e. The molecule has 0 atom stereocenters. The fourth-order valence-corrected chi connectivity index (χ4v) is 2.91. The molecule has 0 radical (unpaired) electrons. The lowest BCUT2D eigenvalue weighted by Gasteiger charge is -2.05. The number of rotatable bonds is 0. The smallest absolute Gasteiger partial charge is 0.132 e. The normalized spacial score (nSPS) is 19.5. The molecule has 1 aromatic rings. The number of fused-ring (bicyclic) bond motifs is 2. The monoisotopic (exact) mass is 258 g/mol. The Morgan fingerprint density at radius 2 is 1.16 bits per heavy atom. The van der Waals surface area contributed by atoms with Crippen LogP contribution in [0.25, 0.3) is 0 Å². The van der Waals surface area contributed by atoms with E-state index in [1.807, 2.05) is 0 Å². The minimum atomic E-state index is 0.464. The highest BCUT2D eigenvalue weighted by Crippen LogP contribution is 2.15. The number of carbonyl (C=O) groups is 1. The second-order valence-corrected chi connectivity index (χ2v) is 5.83. The largest absolute Gasteiger partial charge is 0.300 e. The number of ketones is 1. The lowest BCUT2D eigenvalue weighted by Crippen LogP contribution is -1.99. The molecule has 0 spiro atoms. The first-order valence-corrected chi connectivity index (χ1v) is 7.94. The minimum absolute atomic E-state index is 0.464. The van der Waals surface area contributed by atoms with Gasteiger partial charge in [0, 0.05) is 12.8 Å². The molecular formula is C18H26O. The van der Waals surface area contributed by atoms with Crippen molar-refractivity contribution in [2.75, 3.05) is 0 Å². The summed E-state index contributed by atoms with van der Waals surface area (Å²) in [4.78, 5) is 11.7. The van der Waals surface area contributed by atoms with Crippen molar-refractivity contribution in [2.24, 2.45) is 0 Å². The summed E-state index contributed by atoms with van der Waals surface area (Å²) in [6.45, 7) is 0. The molecule has 1 heteroatoms. The van der Waals surface area contributed by atoms with E-state index in [0.29, 0.717) is 5.78 Å². The number of benzene rings is 1. The standard InChI is InChI=1S/C18H26O/c19-18-13-6-4-2-1-3-5-9-16-10-7-11-17(15-16)12-8-14-18/h7,10-11,15H,1-6,8-9,12-14H2. The number of aryl methyl sites for hydroxylation is 2. The predicted molar refractivity (Wildman–Crippen MR) is 80.4 cm³/mol. The molecule has 0 N–H and O–H groups in total. The molecule has 1 aromatic carbocycles. The van der Waals surface area contributed by atoms with E-state index >= 15 is 0 Å². The van der Waals surface area contributed by atoms with Crippen LogP contribution in [-0.4, -0.2) is 5.78 Å². The van der Waals surface area contributed by atoms with E-state index in [-0.39, 0.29) is 0 Å².